The molecule has 0 radical (unpaired) electrons. The van der Waals surface area contributed by atoms with Crippen LogP contribution in [0.4, 0.5) is 0 Å². The van der Waals surface area contributed by atoms with Crippen LogP contribution in [-0.4, -0.2) is 48.6 Å². The van der Waals surface area contributed by atoms with Gasteiger partial charge < -0.3 is 10.6 Å². The van der Waals surface area contributed by atoms with E-state index in [2.05, 4.69) is 56.7 Å². The van der Waals surface area contributed by atoms with Gasteiger partial charge in [0.15, 0.2) is 5.96 Å². The van der Waals surface area contributed by atoms with Crippen LogP contribution in [0.15, 0.2) is 53.7 Å². The predicted molar refractivity (Wildman–Crippen MR) is 108 cm³/mol. The normalized spacial score (nSPS) is 18.1. The molecule has 138 valence electrons. The van der Waals surface area contributed by atoms with E-state index in [0.29, 0.717) is 6.04 Å². The van der Waals surface area contributed by atoms with Crippen molar-refractivity contribution in [2.24, 2.45) is 4.99 Å². The fourth-order valence-electron chi connectivity index (χ4n) is 3.54. The molecule has 0 spiro atoms. The van der Waals surface area contributed by atoms with E-state index in [4.69, 9.17) is 0 Å². The maximum absolute atomic E-state index is 4.43. The molecular weight excluding hydrogens is 322 g/mol. The van der Waals surface area contributed by atoms with Crippen molar-refractivity contribution >= 4 is 5.96 Å². The van der Waals surface area contributed by atoms with Crippen LogP contribution in [0.5, 0.6) is 0 Å². The fraction of sp³-hybridized carbons (Fsp3) is 0.429. The monoisotopic (exact) mass is 351 g/mol. The highest BCUT2D eigenvalue weighted by atomic mass is 15.2. The summed E-state index contributed by atoms with van der Waals surface area (Å²) in [4.78, 5) is 11.3. The van der Waals surface area contributed by atoms with Crippen molar-refractivity contribution in [3.05, 3.63) is 54.2 Å². The van der Waals surface area contributed by atoms with Gasteiger partial charge >= 0.3 is 0 Å². The second-order valence-corrected chi connectivity index (χ2v) is 6.65. The highest BCUT2D eigenvalue weighted by Gasteiger charge is 2.22. The van der Waals surface area contributed by atoms with Crippen LogP contribution < -0.4 is 10.6 Å². The largest absolute Gasteiger partial charge is 0.355 e. The van der Waals surface area contributed by atoms with E-state index in [1.807, 2.05) is 31.4 Å². The van der Waals surface area contributed by atoms with Crippen molar-refractivity contribution in [3.8, 4) is 11.3 Å². The number of likely N-dealkylation sites (tertiary alicyclic amines) is 1. The Morgan fingerprint density at radius 2 is 2.15 bits per heavy atom. The lowest BCUT2D eigenvalue weighted by atomic mass is 10.1. The van der Waals surface area contributed by atoms with E-state index in [-0.39, 0.29) is 0 Å². The lowest BCUT2D eigenvalue weighted by molar-refractivity contribution is 0.267. The van der Waals surface area contributed by atoms with Gasteiger partial charge in [-0.3, -0.25) is 14.9 Å². The van der Waals surface area contributed by atoms with Crippen LogP contribution in [0.3, 0.4) is 0 Å². The standard InChI is InChI=1S/C21H29N5/c1-3-26-13-7-10-19(26)16-25-21(22-2)24-15-17-8-6-9-18(14-17)20-11-4-5-12-23-20/h4-6,8-9,11-12,14,19H,3,7,10,13,15-16H2,1-2H3,(H2,22,24,25). The summed E-state index contributed by atoms with van der Waals surface area (Å²) in [7, 11) is 1.83. The Hall–Kier alpha value is -2.40. The first-order chi connectivity index (χ1) is 12.8. The molecule has 1 atom stereocenters. The molecule has 2 N–H and O–H groups in total. The first-order valence-electron chi connectivity index (χ1n) is 9.49. The van der Waals surface area contributed by atoms with Crippen molar-refractivity contribution in [1.82, 2.24) is 20.5 Å². The first kappa shape index (κ1) is 18.4. The number of nitrogens with zero attached hydrogens (tertiary/aromatic N) is 3. The molecule has 1 aromatic heterocycles. The van der Waals surface area contributed by atoms with E-state index in [9.17, 15) is 0 Å². The smallest absolute Gasteiger partial charge is 0.191 e. The summed E-state index contributed by atoms with van der Waals surface area (Å²) in [6, 6.07) is 15.1. The average Bonchev–Trinajstić information content (AvgIpc) is 3.16. The molecular formula is C21H29N5. The number of aliphatic imine (C=N–C) groups is 1. The van der Waals surface area contributed by atoms with E-state index in [1.165, 1.54) is 24.9 Å². The molecule has 1 aromatic carbocycles. The van der Waals surface area contributed by atoms with Crippen molar-refractivity contribution in [2.45, 2.75) is 32.4 Å². The van der Waals surface area contributed by atoms with Crippen molar-refractivity contribution in [2.75, 3.05) is 26.7 Å². The number of aromatic nitrogens is 1. The Bertz CT molecular complexity index is 713. The molecule has 5 nitrogen and oxygen atoms in total. The third-order valence-electron chi connectivity index (χ3n) is 4.98. The molecule has 1 unspecified atom stereocenters. The van der Waals surface area contributed by atoms with Gasteiger partial charge in [-0.25, -0.2) is 0 Å². The number of pyridine rings is 1. The molecule has 1 aliphatic heterocycles. The Morgan fingerprint density at radius 3 is 2.92 bits per heavy atom. The summed E-state index contributed by atoms with van der Waals surface area (Å²) in [5.74, 6) is 0.858. The molecule has 2 aromatic rings. The predicted octanol–water partition coefficient (Wildman–Crippen LogP) is 2.90. The average molecular weight is 351 g/mol. The number of likely N-dealkylation sites (N-methyl/N-ethyl adjacent to an activating group) is 1. The molecule has 0 bridgehead atoms. The summed E-state index contributed by atoms with van der Waals surface area (Å²) in [6.45, 7) is 6.26. The van der Waals surface area contributed by atoms with Crippen LogP contribution >= 0.6 is 0 Å². The summed E-state index contributed by atoms with van der Waals surface area (Å²) in [5.41, 5.74) is 3.35. The van der Waals surface area contributed by atoms with Crippen LogP contribution in [0.2, 0.25) is 0 Å². The lowest BCUT2D eigenvalue weighted by Gasteiger charge is -2.24. The summed E-state index contributed by atoms with van der Waals surface area (Å²) < 4.78 is 0. The van der Waals surface area contributed by atoms with Crippen LogP contribution in [-0.2, 0) is 6.54 Å². The molecule has 0 amide bonds. The Labute approximate surface area is 156 Å². The number of hydrogen-bond acceptors (Lipinski definition) is 3. The number of guanidine groups is 1. The molecule has 0 saturated carbocycles. The Morgan fingerprint density at radius 1 is 1.23 bits per heavy atom. The zero-order chi connectivity index (χ0) is 18.2. The maximum atomic E-state index is 4.43. The van der Waals surface area contributed by atoms with Gasteiger partial charge in [0.05, 0.1) is 5.69 Å². The Balaban J connectivity index is 1.54. The van der Waals surface area contributed by atoms with Crippen LogP contribution in [0.1, 0.15) is 25.3 Å². The third-order valence-corrected chi connectivity index (χ3v) is 4.98. The third kappa shape index (κ3) is 4.82. The summed E-state index contributed by atoms with van der Waals surface area (Å²) in [6.07, 6.45) is 4.39. The van der Waals surface area contributed by atoms with Gasteiger partial charge in [-0.15, -0.1) is 0 Å². The van der Waals surface area contributed by atoms with Gasteiger partial charge in [-0.05, 0) is 49.7 Å². The molecule has 26 heavy (non-hydrogen) atoms. The fourth-order valence-corrected chi connectivity index (χ4v) is 3.54. The molecule has 3 rings (SSSR count). The zero-order valence-corrected chi connectivity index (χ0v) is 15.8. The number of nitrogens with one attached hydrogen (secondary N) is 2. The van der Waals surface area contributed by atoms with E-state index < -0.39 is 0 Å². The van der Waals surface area contributed by atoms with E-state index >= 15 is 0 Å². The quantitative estimate of drug-likeness (QED) is 0.621. The highest BCUT2D eigenvalue weighted by molar-refractivity contribution is 5.79. The van der Waals surface area contributed by atoms with Crippen LogP contribution in [0.25, 0.3) is 11.3 Å². The number of rotatable bonds is 6. The highest BCUT2D eigenvalue weighted by Crippen LogP contribution is 2.18. The second kappa shape index (κ2) is 9.34. The van der Waals surface area contributed by atoms with Gasteiger partial charge in [0.25, 0.3) is 0 Å². The van der Waals surface area contributed by atoms with Crippen molar-refractivity contribution < 1.29 is 0 Å². The van der Waals surface area contributed by atoms with Crippen molar-refractivity contribution in [1.29, 1.82) is 0 Å². The molecule has 1 fully saturated rings. The summed E-state index contributed by atoms with van der Waals surface area (Å²) >= 11 is 0. The van der Waals surface area contributed by atoms with Crippen molar-refractivity contribution in [3.63, 3.8) is 0 Å². The minimum absolute atomic E-state index is 0.617. The molecule has 2 heterocycles. The first-order valence-corrected chi connectivity index (χ1v) is 9.49. The minimum Gasteiger partial charge on any atom is -0.355 e. The van der Waals surface area contributed by atoms with E-state index in [0.717, 1.165) is 36.9 Å². The van der Waals surface area contributed by atoms with Gasteiger partial charge in [-0.1, -0.05) is 31.2 Å². The SMILES string of the molecule is CCN1CCCC1CNC(=NC)NCc1cccc(-c2ccccn2)c1. The molecule has 1 aliphatic rings. The molecule has 0 aliphatic carbocycles. The van der Waals surface area contributed by atoms with Gasteiger partial charge in [0.2, 0.25) is 0 Å². The number of benzene rings is 1. The summed E-state index contributed by atoms with van der Waals surface area (Å²) in [5, 5.41) is 6.90. The molecule has 5 heteroatoms. The van der Waals surface area contributed by atoms with Gasteiger partial charge in [0.1, 0.15) is 0 Å². The topological polar surface area (TPSA) is 52.5 Å². The molecule has 1 saturated heterocycles. The second-order valence-electron chi connectivity index (χ2n) is 6.65. The number of hydrogen-bond donors (Lipinski definition) is 2. The van der Waals surface area contributed by atoms with Gasteiger partial charge in [0, 0.05) is 37.9 Å². The lowest BCUT2D eigenvalue weighted by Crippen LogP contribution is -2.44. The van der Waals surface area contributed by atoms with Crippen LogP contribution in [0, 0.1) is 0 Å². The zero-order valence-electron chi connectivity index (χ0n) is 15.8. The van der Waals surface area contributed by atoms with Gasteiger partial charge in [-0.2, -0.15) is 0 Å². The maximum Gasteiger partial charge on any atom is 0.191 e. The minimum atomic E-state index is 0.617. The Kier molecular flexibility index (Phi) is 6.61. The van der Waals surface area contributed by atoms with E-state index in [1.54, 1.807) is 0 Å².